The molecule has 1 aromatic rings. The number of aromatic nitrogens is 2. The highest BCUT2D eigenvalue weighted by Gasteiger charge is 2.17. The molecule has 5 nitrogen and oxygen atoms in total. The van der Waals surface area contributed by atoms with Crippen molar-refractivity contribution in [3.8, 4) is 5.88 Å². The fourth-order valence-corrected chi connectivity index (χ4v) is 1.04. The van der Waals surface area contributed by atoms with E-state index in [-0.39, 0.29) is 22.8 Å². The topological polar surface area (TPSA) is 61.3 Å². The van der Waals surface area contributed by atoms with Gasteiger partial charge in [0.05, 0.1) is 19.4 Å². The maximum absolute atomic E-state index is 11.5. The van der Waals surface area contributed by atoms with Gasteiger partial charge < -0.3 is 9.47 Å². The summed E-state index contributed by atoms with van der Waals surface area (Å²) in [6, 6.07) is 0. The average Bonchev–Trinajstić information content (AvgIpc) is 2.16. The van der Waals surface area contributed by atoms with Crippen LogP contribution in [-0.2, 0) is 4.74 Å². The van der Waals surface area contributed by atoms with Crippen molar-refractivity contribution in [3.63, 3.8) is 0 Å². The fourth-order valence-electron chi connectivity index (χ4n) is 0.919. The third kappa shape index (κ3) is 3.06. The quantitative estimate of drug-likeness (QED) is 0.584. The highest BCUT2D eigenvalue weighted by molar-refractivity contribution is 6.28. The van der Waals surface area contributed by atoms with Crippen LogP contribution in [0.3, 0.4) is 0 Å². The summed E-state index contributed by atoms with van der Waals surface area (Å²) in [6.07, 6.45) is 1.07. The van der Waals surface area contributed by atoms with Crippen molar-refractivity contribution in [2.75, 3.05) is 7.11 Å². The number of carbonyl (C=O) groups excluding carboxylic acids is 1. The Labute approximate surface area is 92.4 Å². The maximum Gasteiger partial charge on any atom is 0.345 e. The standard InChI is InChI=1S/C9H11ClN2O3/c1-5(2)15-8(13)6-4-11-9(10)12-7(6)14-3/h4-5H,1-3H3. The summed E-state index contributed by atoms with van der Waals surface area (Å²) >= 11 is 5.55. The Morgan fingerprint density at radius 1 is 1.53 bits per heavy atom. The molecule has 0 aromatic carbocycles. The number of esters is 1. The molecule has 0 aliphatic heterocycles. The summed E-state index contributed by atoms with van der Waals surface area (Å²) in [5.74, 6) is -0.417. The number of hydrogen-bond acceptors (Lipinski definition) is 5. The molecule has 0 saturated carbocycles. The summed E-state index contributed by atoms with van der Waals surface area (Å²) in [6.45, 7) is 3.50. The van der Waals surface area contributed by atoms with Gasteiger partial charge in [-0.1, -0.05) is 0 Å². The zero-order valence-electron chi connectivity index (χ0n) is 8.65. The first-order chi connectivity index (χ1) is 7.04. The molecule has 0 unspecified atom stereocenters. The third-order valence-corrected chi connectivity index (χ3v) is 1.66. The van der Waals surface area contributed by atoms with Crippen molar-refractivity contribution in [3.05, 3.63) is 17.0 Å². The minimum Gasteiger partial charge on any atom is -0.480 e. The normalized spacial score (nSPS) is 10.2. The predicted octanol–water partition coefficient (Wildman–Crippen LogP) is 1.70. The lowest BCUT2D eigenvalue weighted by molar-refractivity contribution is 0.0373. The monoisotopic (exact) mass is 230 g/mol. The number of methoxy groups -OCH3 is 1. The van der Waals surface area contributed by atoms with Crippen molar-refractivity contribution in [1.29, 1.82) is 0 Å². The molecule has 1 heterocycles. The van der Waals surface area contributed by atoms with Gasteiger partial charge in [0, 0.05) is 0 Å². The molecule has 1 rings (SSSR count). The number of nitrogens with zero attached hydrogens (tertiary/aromatic N) is 2. The van der Waals surface area contributed by atoms with Gasteiger partial charge in [-0.15, -0.1) is 0 Å². The van der Waals surface area contributed by atoms with E-state index >= 15 is 0 Å². The fraction of sp³-hybridized carbons (Fsp3) is 0.444. The Hall–Kier alpha value is -1.36. The van der Waals surface area contributed by atoms with E-state index in [0.29, 0.717) is 0 Å². The van der Waals surface area contributed by atoms with Gasteiger partial charge in [-0.05, 0) is 25.4 Å². The molecule has 6 heteroatoms. The molecule has 15 heavy (non-hydrogen) atoms. The lowest BCUT2D eigenvalue weighted by atomic mass is 10.3. The van der Waals surface area contributed by atoms with E-state index in [9.17, 15) is 4.79 Å². The zero-order chi connectivity index (χ0) is 11.4. The van der Waals surface area contributed by atoms with Crippen LogP contribution in [0.2, 0.25) is 5.28 Å². The molecule has 0 N–H and O–H groups in total. The van der Waals surface area contributed by atoms with Gasteiger partial charge in [0.2, 0.25) is 11.2 Å². The number of ether oxygens (including phenoxy) is 2. The van der Waals surface area contributed by atoms with Crippen molar-refractivity contribution in [2.24, 2.45) is 0 Å². The van der Waals surface area contributed by atoms with E-state index in [4.69, 9.17) is 21.1 Å². The first kappa shape index (κ1) is 11.7. The average molecular weight is 231 g/mol. The molecule has 0 fully saturated rings. The largest absolute Gasteiger partial charge is 0.480 e. The lowest BCUT2D eigenvalue weighted by Crippen LogP contribution is -2.13. The molecule has 1 aromatic heterocycles. The maximum atomic E-state index is 11.5. The smallest absolute Gasteiger partial charge is 0.345 e. The summed E-state index contributed by atoms with van der Waals surface area (Å²) in [4.78, 5) is 19.0. The highest BCUT2D eigenvalue weighted by atomic mass is 35.5. The number of halogens is 1. The Kier molecular flexibility index (Phi) is 3.85. The van der Waals surface area contributed by atoms with Crippen molar-refractivity contribution in [1.82, 2.24) is 9.97 Å². The molecule has 0 aliphatic carbocycles. The molecule has 0 aliphatic rings. The Bertz CT molecular complexity index is 368. The van der Waals surface area contributed by atoms with Crippen LogP contribution in [0.1, 0.15) is 24.2 Å². The van der Waals surface area contributed by atoms with Gasteiger partial charge in [0.25, 0.3) is 0 Å². The first-order valence-corrected chi connectivity index (χ1v) is 4.70. The lowest BCUT2D eigenvalue weighted by Gasteiger charge is -2.09. The van der Waals surface area contributed by atoms with Gasteiger partial charge in [0.1, 0.15) is 5.56 Å². The van der Waals surface area contributed by atoms with Gasteiger partial charge >= 0.3 is 5.97 Å². The van der Waals surface area contributed by atoms with Crippen LogP contribution < -0.4 is 4.74 Å². The van der Waals surface area contributed by atoms with Gasteiger partial charge in [0.15, 0.2) is 0 Å². The minimum absolute atomic E-state index is 0.0212. The van der Waals surface area contributed by atoms with Crippen molar-refractivity contribution < 1.29 is 14.3 Å². The molecule has 0 saturated heterocycles. The van der Waals surface area contributed by atoms with E-state index in [1.165, 1.54) is 13.3 Å². The van der Waals surface area contributed by atoms with E-state index < -0.39 is 5.97 Å². The van der Waals surface area contributed by atoms with E-state index in [1.807, 2.05) is 0 Å². The first-order valence-electron chi connectivity index (χ1n) is 4.32. The molecule has 0 spiro atoms. The number of rotatable bonds is 3. The molecule has 82 valence electrons. The Morgan fingerprint density at radius 3 is 2.73 bits per heavy atom. The SMILES string of the molecule is COc1nc(Cl)ncc1C(=O)OC(C)C. The van der Waals surface area contributed by atoms with Gasteiger partial charge in [-0.3, -0.25) is 0 Å². The summed E-state index contributed by atoms with van der Waals surface area (Å²) in [5.41, 5.74) is 0.163. The third-order valence-electron chi connectivity index (χ3n) is 1.48. The van der Waals surface area contributed by atoms with E-state index in [1.54, 1.807) is 13.8 Å². The summed E-state index contributed by atoms with van der Waals surface area (Å²) < 4.78 is 9.87. The van der Waals surface area contributed by atoms with Crippen LogP contribution in [0.4, 0.5) is 0 Å². The second-order valence-electron chi connectivity index (χ2n) is 3.02. The molecule has 0 atom stereocenters. The highest BCUT2D eigenvalue weighted by Crippen LogP contribution is 2.17. The number of carbonyl (C=O) groups is 1. The Balaban J connectivity index is 2.97. The molecular formula is C9H11ClN2O3. The zero-order valence-corrected chi connectivity index (χ0v) is 9.41. The van der Waals surface area contributed by atoms with Crippen LogP contribution in [0, 0.1) is 0 Å². The molecule has 0 bridgehead atoms. The van der Waals surface area contributed by atoms with E-state index in [0.717, 1.165) is 0 Å². The van der Waals surface area contributed by atoms with Crippen LogP contribution in [-0.4, -0.2) is 29.2 Å². The predicted molar refractivity (Wildman–Crippen MR) is 54.1 cm³/mol. The summed E-state index contributed by atoms with van der Waals surface area (Å²) in [7, 11) is 1.39. The van der Waals surface area contributed by atoms with Crippen LogP contribution in [0.25, 0.3) is 0 Å². The van der Waals surface area contributed by atoms with Gasteiger partial charge in [-0.25, -0.2) is 9.78 Å². The minimum atomic E-state index is -0.529. The molecule has 0 radical (unpaired) electrons. The number of hydrogen-bond donors (Lipinski definition) is 0. The van der Waals surface area contributed by atoms with Gasteiger partial charge in [-0.2, -0.15) is 4.98 Å². The second kappa shape index (κ2) is 4.93. The van der Waals surface area contributed by atoms with Crippen LogP contribution in [0.5, 0.6) is 5.88 Å². The second-order valence-corrected chi connectivity index (χ2v) is 3.35. The van der Waals surface area contributed by atoms with Crippen LogP contribution >= 0.6 is 11.6 Å². The Morgan fingerprint density at radius 2 is 2.20 bits per heavy atom. The van der Waals surface area contributed by atoms with Crippen LogP contribution in [0.15, 0.2) is 6.20 Å². The summed E-state index contributed by atoms with van der Waals surface area (Å²) in [5, 5.41) is 0.0212. The van der Waals surface area contributed by atoms with E-state index in [2.05, 4.69) is 9.97 Å². The van der Waals surface area contributed by atoms with Crippen molar-refractivity contribution >= 4 is 17.6 Å². The van der Waals surface area contributed by atoms with Crippen molar-refractivity contribution in [2.45, 2.75) is 20.0 Å². The molecule has 0 amide bonds. The molecular weight excluding hydrogens is 220 g/mol.